The molecule has 0 unspecified atom stereocenters. The first kappa shape index (κ1) is 17.5. The van der Waals surface area contributed by atoms with E-state index < -0.39 is 0 Å². The third-order valence-corrected chi connectivity index (χ3v) is 4.57. The van der Waals surface area contributed by atoms with Gasteiger partial charge in [-0.15, -0.1) is 0 Å². The number of anilines is 1. The molecule has 0 saturated carbocycles. The van der Waals surface area contributed by atoms with Crippen LogP contribution in [0, 0.1) is 3.57 Å². The number of nitrogens with zero attached hydrogens (tertiary/aromatic N) is 2. The van der Waals surface area contributed by atoms with Gasteiger partial charge in [-0.1, -0.05) is 26.7 Å². The summed E-state index contributed by atoms with van der Waals surface area (Å²) in [6.45, 7) is 4.39. The lowest BCUT2D eigenvalue weighted by molar-refractivity contribution is 0.412. The molecule has 22 heavy (non-hydrogen) atoms. The summed E-state index contributed by atoms with van der Waals surface area (Å²) in [5, 5.41) is 4.75. The molecule has 1 N–H and O–H groups in total. The average Bonchev–Trinajstić information content (AvgIpc) is 2.47. The van der Waals surface area contributed by atoms with E-state index >= 15 is 0 Å². The Hall–Kier alpha value is -0.820. The predicted octanol–water partition coefficient (Wildman–Crippen LogP) is 5.28. The second-order valence-electron chi connectivity index (χ2n) is 5.26. The molecule has 4 nitrogen and oxygen atoms in total. The van der Waals surface area contributed by atoms with Crippen LogP contribution in [0.2, 0.25) is 5.28 Å². The van der Waals surface area contributed by atoms with E-state index in [1.54, 1.807) is 7.11 Å². The molecule has 0 aliphatic rings. The van der Waals surface area contributed by atoms with Gasteiger partial charge in [0.15, 0.2) is 0 Å². The van der Waals surface area contributed by atoms with Crippen molar-refractivity contribution >= 4 is 50.9 Å². The van der Waals surface area contributed by atoms with Crippen LogP contribution in [-0.2, 0) is 0 Å². The molecule has 0 bridgehead atoms. The highest BCUT2D eigenvalue weighted by atomic mass is 127. The summed E-state index contributed by atoms with van der Waals surface area (Å²) in [6, 6.07) is 4.35. The van der Waals surface area contributed by atoms with Gasteiger partial charge < -0.3 is 10.1 Å². The lowest BCUT2D eigenvalue weighted by Gasteiger charge is -2.19. The molecular formula is C16H21ClIN3O. The molecule has 120 valence electrons. The first-order chi connectivity index (χ1) is 10.6. The summed E-state index contributed by atoms with van der Waals surface area (Å²) in [7, 11) is 1.67. The van der Waals surface area contributed by atoms with E-state index in [1.165, 1.54) is 0 Å². The SMILES string of the molecule is CCCC(CCC)Nc1nc(Cl)nc2cc(I)c(OC)cc12. The Morgan fingerprint density at radius 2 is 1.91 bits per heavy atom. The van der Waals surface area contributed by atoms with Gasteiger partial charge in [-0.05, 0) is 59.2 Å². The maximum absolute atomic E-state index is 6.09. The van der Waals surface area contributed by atoms with Crippen LogP contribution in [0.3, 0.4) is 0 Å². The number of aromatic nitrogens is 2. The minimum absolute atomic E-state index is 0.266. The molecule has 2 rings (SSSR count). The number of ether oxygens (including phenoxy) is 1. The Balaban J connectivity index is 2.46. The van der Waals surface area contributed by atoms with Crippen molar-refractivity contribution in [2.24, 2.45) is 0 Å². The van der Waals surface area contributed by atoms with Gasteiger partial charge >= 0.3 is 0 Å². The number of fused-ring (bicyclic) bond motifs is 1. The zero-order valence-electron chi connectivity index (χ0n) is 13.1. The topological polar surface area (TPSA) is 47.0 Å². The van der Waals surface area contributed by atoms with E-state index in [-0.39, 0.29) is 5.28 Å². The van der Waals surface area contributed by atoms with E-state index in [4.69, 9.17) is 16.3 Å². The predicted molar refractivity (Wildman–Crippen MR) is 101 cm³/mol. The van der Waals surface area contributed by atoms with E-state index in [0.29, 0.717) is 6.04 Å². The molecule has 1 heterocycles. The second-order valence-corrected chi connectivity index (χ2v) is 6.76. The number of hydrogen-bond donors (Lipinski definition) is 1. The van der Waals surface area contributed by atoms with Gasteiger partial charge in [0.05, 0.1) is 16.2 Å². The first-order valence-corrected chi connectivity index (χ1v) is 9.02. The highest BCUT2D eigenvalue weighted by Crippen LogP contribution is 2.31. The lowest BCUT2D eigenvalue weighted by Crippen LogP contribution is -2.20. The fourth-order valence-electron chi connectivity index (χ4n) is 2.55. The van der Waals surface area contributed by atoms with Crippen molar-refractivity contribution in [1.82, 2.24) is 9.97 Å². The normalized spacial score (nSPS) is 11.2. The Bertz CT molecular complexity index is 645. The minimum atomic E-state index is 0.266. The molecule has 0 aliphatic carbocycles. The van der Waals surface area contributed by atoms with Gasteiger partial charge in [0, 0.05) is 11.4 Å². The highest BCUT2D eigenvalue weighted by molar-refractivity contribution is 14.1. The monoisotopic (exact) mass is 433 g/mol. The molecule has 0 amide bonds. The molecule has 0 radical (unpaired) electrons. The number of methoxy groups -OCH3 is 1. The number of halogens is 2. The smallest absolute Gasteiger partial charge is 0.224 e. The van der Waals surface area contributed by atoms with E-state index in [9.17, 15) is 0 Å². The summed E-state index contributed by atoms with van der Waals surface area (Å²) < 4.78 is 6.42. The summed E-state index contributed by atoms with van der Waals surface area (Å²) >= 11 is 8.33. The quantitative estimate of drug-likeness (QED) is 0.477. The maximum Gasteiger partial charge on any atom is 0.224 e. The summed E-state index contributed by atoms with van der Waals surface area (Å²) in [5.41, 5.74) is 0.833. The molecule has 2 aromatic rings. The summed E-state index contributed by atoms with van der Waals surface area (Å²) in [6.07, 6.45) is 4.49. The van der Waals surface area contributed by atoms with Gasteiger partial charge in [-0.25, -0.2) is 9.97 Å². The zero-order chi connectivity index (χ0) is 16.1. The van der Waals surface area contributed by atoms with Crippen LogP contribution >= 0.6 is 34.2 Å². The van der Waals surface area contributed by atoms with Gasteiger partial charge in [0.1, 0.15) is 11.6 Å². The van der Waals surface area contributed by atoms with Crippen LogP contribution in [0.1, 0.15) is 39.5 Å². The zero-order valence-corrected chi connectivity index (χ0v) is 16.0. The molecular weight excluding hydrogens is 413 g/mol. The first-order valence-electron chi connectivity index (χ1n) is 7.56. The standard InChI is InChI=1S/C16H21ClIN3O/c1-4-6-10(7-5-2)19-15-11-8-14(22-3)12(18)9-13(11)20-16(17)21-15/h8-10H,4-7H2,1-3H3,(H,19,20,21). The Morgan fingerprint density at radius 1 is 1.23 bits per heavy atom. The fraction of sp³-hybridized carbons (Fsp3) is 0.500. The van der Waals surface area contributed by atoms with Crippen molar-refractivity contribution in [2.45, 2.75) is 45.6 Å². The third kappa shape index (κ3) is 4.13. The largest absolute Gasteiger partial charge is 0.496 e. The molecule has 0 spiro atoms. The maximum atomic E-state index is 6.09. The van der Waals surface area contributed by atoms with Crippen LogP contribution in [-0.4, -0.2) is 23.1 Å². The third-order valence-electron chi connectivity index (χ3n) is 3.56. The fourth-order valence-corrected chi connectivity index (χ4v) is 3.39. The van der Waals surface area contributed by atoms with E-state index in [2.05, 4.69) is 51.7 Å². The number of hydrogen-bond acceptors (Lipinski definition) is 4. The second kappa shape index (κ2) is 8.15. The minimum Gasteiger partial charge on any atom is -0.496 e. The van der Waals surface area contributed by atoms with Gasteiger partial charge in [0.25, 0.3) is 0 Å². The van der Waals surface area contributed by atoms with E-state index in [0.717, 1.165) is 51.7 Å². The lowest BCUT2D eigenvalue weighted by atomic mass is 10.1. The number of benzene rings is 1. The van der Waals surface area contributed by atoms with Crippen molar-refractivity contribution in [3.63, 3.8) is 0 Å². The van der Waals surface area contributed by atoms with Crippen molar-refractivity contribution in [3.05, 3.63) is 21.0 Å². The van der Waals surface area contributed by atoms with Gasteiger partial charge in [-0.2, -0.15) is 0 Å². The Labute approximate surface area is 150 Å². The van der Waals surface area contributed by atoms with Crippen LogP contribution in [0.5, 0.6) is 5.75 Å². The van der Waals surface area contributed by atoms with Crippen molar-refractivity contribution < 1.29 is 4.74 Å². The van der Waals surface area contributed by atoms with Crippen LogP contribution < -0.4 is 10.1 Å². The molecule has 6 heteroatoms. The highest BCUT2D eigenvalue weighted by Gasteiger charge is 2.14. The van der Waals surface area contributed by atoms with Gasteiger partial charge in [-0.3, -0.25) is 0 Å². The molecule has 0 fully saturated rings. The van der Waals surface area contributed by atoms with Gasteiger partial charge in [0.2, 0.25) is 5.28 Å². The molecule has 0 saturated heterocycles. The van der Waals surface area contributed by atoms with Crippen LogP contribution in [0.25, 0.3) is 10.9 Å². The number of rotatable bonds is 7. The molecule has 0 aliphatic heterocycles. The average molecular weight is 434 g/mol. The Kier molecular flexibility index (Phi) is 6.50. The van der Waals surface area contributed by atoms with Crippen LogP contribution in [0.4, 0.5) is 5.82 Å². The summed E-state index contributed by atoms with van der Waals surface area (Å²) in [5.74, 6) is 1.61. The van der Waals surface area contributed by atoms with Crippen molar-refractivity contribution in [3.8, 4) is 5.75 Å². The molecule has 1 aromatic carbocycles. The summed E-state index contributed by atoms with van der Waals surface area (Å²) in [4.78, 5) is 8.72. The van der Waals surface area contributed by atoms with Crippen LogP contribution in [0.15, 0.2) is 12.1 Å². The number of nitrogens with one attached hydrogen (secondary N) is 1. The van der Waals surface area contributed by atoms with Crippen molar-refractivity contribution in [1.29, 1.82) is 0 Å². The van der Waals surface area contributed by atoms with Crippen molar-refractivity contribution in [2.75, 3.05) is 12.4 Å². The molecule has 1 aromatic heterocycles. The van der Waals surface area contributed by atoms with E-state index in [1.807, 2.05) is 12.1 Å². The Morgan fingerprint density at radius 3 is 2.50 bits per heavy atom. The molecule has 0 atom stereocenters.